The van der Waals surface area contributed by atoms with Gasteiger partial charge in [0.15, 0.2) is 0 Å². The van der Waals surface area contributed by atoms with Crippen molar-refractivity contribution >= 4 is 23.4 Å². The van der Waals surface area contributed by atoms with E-state index in [1.54, 1.807) is 18.7 Å². The predicted octanol–water partition coefficient (Wildman–Crippen LogP) is 4.69. The van der Waals surface area contributed by atoms with Crippen LogP contribution in [0.25, 0.3) is 0 Å². The minimum atomic E-state index is -0.410. The lowest BCUT2D eigenvalue weighted by Gasteiger charge is -2.07. The fourth-order valence-corrected chi connectivity index (χ4v) is 2.80. The third kappa shape index (κ3) is 3.52. The maximum absolute atomic E-state index is 9.43. The number of hydrogen-bond acceptors (Lipinski definition) is 2. The van der Waals surface area contributed by atoms with E-state index in [1.165, 1.54) is 4.90 Å². The highest BCUT2D eigenvalue weighted by atomic mass is 35.5. The molecule has 0 aromatic heterocycles. The van der Waals surface area contributed by atoms with Gasteiger partial charge in [-0.15, -0.1) is 11.8 Å². The number of hydrogen-bond donors (Lipinski definition) is 1. The van der Waals surface area contributed by atoms with E-state index in [2.05, 4.69) is 0 Å². The Kier molecular flexibility index (Phi) is 4.70. The van der Waals surface area contributed by atoms with E-state index in [1.807, 2.05) is 48.5 Å². The molecule has 0 aliphatic carbocycles. The molecule has 2 aromatic rings. The fraction of sp³-hybridized carbons (Fsp3) is 0.200. The first-order valence-corrected chi connectivity index (χ1v) is 7.17. The van der Waals surface area contributed by atoms with E-state index >= 15 is 0 Å². The molecule has 0 radical (unpaired) electrons. The van der Waals surface area contributed by atoms with E-state index in [9.17, 15) is 5.11 Å². The first-order valence-electron chi connectivity index (χ1n) is 5.81. The third-order valence-corrected chi connectivity index (χ3v) is 4.14. The van der Waals surface area contributed by atoms with Gasteiger partial charge in [0.05, 0.1) is 6.10 Å². The lowest BCUT2D eigenvalue weighted by Crippen LogP contribution is -1.89. The Morgan fingerprint density at radius 3 is 2.39 bits per heavy atom. The molecule has 0 saturated heterocycles. The van der Waals surface area contributed by atoms with Crippen molar-refractivity contribution in [1.29, 1.82) is 0 Å². The minimum absolute atomic E-state index is 0.410. The highest BCUT2D eigenvalue weighted by Gasteiger charge is 2.02. The Morgan fingerprint density at radius 2 is 1.78 bits per heavy atom. The number of halogens is 1. The highest BCUT2D eigenvalue weighted by molar-refractivity contribution is 7.98. The fourth-order valence-electron chi connectivity index (χ4n) is 1.62. The Labute approximate surface area is 117 Å². The number of thioether (sulfide) groups is 1. The van der Waals surface area contributed by atoms with Crippen LogP contribution in [0.5, 0.6) is 0 Å². The van der Waals surface area contributed by atoms with E-state index in [-0.39, 0.29) is 0 Å². The Balaban J connectivity index is 2.00. The summed E-state index contributed by atoms with van der Waals surface area (Å²) in [6, 6.07) is 15.9. The zero-order valence-corrected chi connectivity index (χ0v) is 11.7. The normalized spacial score (nSPS) is 12.4. The van der Waals surface area contributed by atoms with Gasteiger partial charge in [0.2, 0.25) is 0 Å². The molecule has 0 bridgehead atoms. The van der Waals surface area contributed by atoms with E-state index in [0.29, 0.717) is 0 Å². The van der Waals surface area contributed by atoms with Gasteiger partial charge in [0.1, 0.15) is 0 Å². The summed E-state index contributed by atoms with van der Waals surface area (Å²) in [7, 11) is 0. The molecule has 0 fully saturated rings. The molecule has 0 amide bonds. The Hall–Kier alpha value is -0.960. The lowest BCUT2D eigenvalue weighted by molar-refractivity contribution is 0.199. The van der Waals surface area contributed by atoms with Crippen LogP contribution in [0.15, 0.2) is 53.4 Å². The number of rotatable bonds is 4. The van der Waals surface area contributed by atoms with Gasteiger partial charge in [-0.3, -0.25) is 0 Å². The van der Waals surface area contributed by atoms with Gasteiger partial charge >= 0.3 is 0 Å². The molecular weight excluding hydrogens is 264 g/mol. The molecule has 18 heavy (non-hydrogen) atoms. The smallest absolute Gasteiger partial charge is 0.0761 e. The van der Waals surface area contributed by atoms with Crippen LogP contribution in [-0.2, 0) is 5.75 Å². The average molecular weight is 279 g/mol. The van der Waals surface area contributed by atoms with Crippen molar-refractivity contribution in [2.75, 3.05) is 0 Å². The molecule has 2 aromatic carbocycles. The largest absolute Gasteiger partial charge is 0.389 e. The molecule has 1 unspecified atom stereocenters. The van der Waals surface area contributed by atoms with Crippen molar-refractivity contribution in [2.45, 2.75) is 23.7 Å². The molecule has 0 spiro atoms. The van der Waals surface area contributed by atoms with Gasteiger partial charge in [-0.2, -0.15) is 0 Å². The van der Waals surface area contributed by atoms with Gasteiger partial charge in [0.25, 0.3) is 0 Å². The topological polar surface area (TPSA) is 20.2 Å². The maximum atomic E-state index is 9.43. The predicted molar refractivity (Wildman–Crippen MR) is 78.1 cm³/mol. The highest BCUT2D eigenvalue weighted by Crippen LogP contribution is 2.27. The summed E-state index contributed by atoms with van der Waals surface area (Å²) in [5, 5.41) is 10.2. The second kappa shape index (κ2) is 6.28. The Morgan fingerprint density at radius 1 is 1.11 bits per heavy atom. The first kappa shape index (κ1) is 13.5. The van der Waals surface area contributed by atoms with Crippen molar-refractivity contribution in [3.05, 3.63) is 64.7 Å². The van der Waals surface area contributed by atoms with Crippen molar-refractivity contribution in [1.82, 2.24) is 0 Å². The number of benzene rings is 2. The second-order valence-corrected chi connectivity index (χ2v) is 5.58. The maximum Gasteiger partial charge on any atom is 0.0761 e. The van der Waals surface area contributed by atoms with Crippen molar-refractivity contribution in [3.8, 4) is 0 Å². The molecule has 0 heterocycles. The second-order valence-electron chi connectivity index (χ2n) is 4.13. The Bertz CT molecular complexity index is 508. The summed E-state index contributed by atoms with van der Waals surface area (Å²) in [6.45, 7) is 1.77. The van der Waals surface area contributed by atoms with Crippen molar-refractivity contribution in [2.24, 2.45) is 0 Å². The van der Waals surface area contributed by atoms with Gasteiger partial charge in [0, 0.05) is 15.7 Å². The van der Waals surface area contributed by atoms with Gasteiger partial charge in [-0.05, 0) is 36.2 Å². The van der Waals surface area contributed by atoms with Crippen molar-refractivity contribution < 1.29 is 5.11 Å². The molecule has 0 aliphatic rings. The summed E-state index contributed by atoms with van der Waals surface area (Å²) >= 11 is 7.85. The molecule has 2 rings (SSSR count). The van der Waals surface area contributed by atoms with Crippen LogP contribution in [0.3, 0.4) is 0 Å². The van der Waals surface area contributed by atoms with Gasteiger partial charge in [-0.25, -0.2) is 0 Å². The molecule has 1 nitrogen and oxygen atoms in total. The molecule has 1 N–H and O–H groups in total. The quantitative estimate of drug-likeness (QED) is 0.819. The molecule has 0 aliphatic heterocycles. The molecular formula is C15H15ClOS. The van der Waals surface area contributed by atoms with Crippen LogP contribution in [-0.4, -0.2) is 5.11 Å². The van der Waals surface area contributed by atoms with Crippen LogP contribution >= 0.6 is 23.4 Å². The summed E-state index contributed by atoms with van der Waals surface area (Å²) in [5.74, 6) is 0.855. The van der Waals surface area contributed by atoms with Crippen LogP contribution in [0, 0.1) is 0 Å². The molecule has 94 valence electrons. The number of aliphatic hydroxyl groups excluding tert-OH is 1. The first-order chi connectivity index (χ1) is 8.66. The summed E-state index contributed by atoms with van der Waals surface area (Å²) in [4.78, 5) is 1.18. The minimum Gasteiger partial charge on any atom is -0.389 e. The van der Waals surface area contributed by atoms with Crippen LogP contribution in [0.2, 0.25) is 5.02 Å². The monoisotopic (exact) mass is 278 g/mol. The molecule has 1 atom stereocenters. The van der Waals surface area contributed by atoms with E-state index in [4.69, 9.17) is 11.6 Å². The van der Waals surface area contributed by atoms with E-state index < -0.39 is 6.10 Å². The summed E-state index contributed by atoms with van der Waals surface area (Å²) < 4.78 is 0. The number of aliphatic hydroxyl groups is 1. The lowest BCUT2D eigenvalue weighted by atomic mass is 10.1. The summed E-state index contributed by atoms with van der Waals surface area (Å²) in [6.07, 6.45) is -0.410. The van der Waals surface area contributed by atoms with E-state index in [0.717, 1.165) is 21.9 Å². The standard InChI is InChI=1S/C15H15ClOS/c1-11(17)12-6-8-14(9-7-12)18-10-13-4-2-3-5-15(13)16/h2-9,11,17H,10H2,1H3. The zero-order chi connectivity index (χ0) is 13.0. The van der Waals surface area contributed by atoms with Crippen LogP contribution in [0.1, 0.15) is 24.2 Å². The molecule has 3 heteroatoms. The average Bonchev–Trinajstić information content (AvgIpc) is 2.38. The van der Waals surface area contributed by atoms with Gasteiger partial charge in [-0.1, -0.05) is 41.9 Å². The SMILES string of the molecule is CC(O)c1ccc(SCc2ccccc2Cl)cc1. The summed E-state index contributed by atoms with van der Waals surface area (Å²) in [5.41, 5.74) is 2.08. The van der Waals surface area contributed by atoms with Gasteiger partial charge < -0.3 is 5.11 Å². The van der Waals surface area contributed by atoms with Crippen LogP contribution < -0.4 is 0 Å². The zero-order valence-electron chi connectivity index (χ0n) is 10.1. The third-order valence-electron chi connectivity index (χ3n) is 2.71. The molecule has 0 saturated carbocycles. The van der Waals surface area contributed by atoms with Crippen LogP contribution in [0.4, 0.5) is 0 Å². The van der Waals surface area contributed by atoms with Crippen molar-refractivity contribution in [3.63, 3.8) is 0 Å².